The highest BCUT2D eigenvalue weighted by atomic mass is 79.9. The molecule has 1 atom stereocenters. The molecule has 1 aromatic heterocycles. The Bertz CT molecular complexity index is 660. The quantitative estimate of drug-likeness (QED) is 0.872. The number of halogens is 1. The summed E-state index contributed by atoms with van der Waals surface area (Å²) in [5.41, 5.74) is 1.92. The number of hydrogen-bond acceptors (Lipinski definition) is 4. The molecule has 1 aliphatic heterocycles. The van der Waals surface area contributed by atoms with E-state index < -0.39 is 10.0 Å². The smallest absolute Gasteiger partial charge is 0.228 e. The third-order valence-corrected chi connectivity index (χ3v) is 5.22. The Morgan fingerprint density at radius 1 is 1.45 bits per heavy atom. The molecular formula is C12H16BrN3O3S. The zero-order chi connectivity index (χ0) is 15.1. The van der Waals surface area contributed by atoms with Crippen molar-refractivity contribution in [2.75, 3.05) is 17.2 Å². The zero-order valence-corrected chi connectivity index (χ0v) is 13.7. The van der Waals surface area contributed by atoms with Crippen molar-refractivity contribution in [2.45, 2.75) is 20.3 Å². The molecular weight excluding hydrogens is 346 g/mol. The van der Waals surface area contributed by atoms with Crippen molar-refractivity contribution < 1.29 is 13.2 Å². The number of sulfonamides is 1. The number of hydrogen-bond donors (Lipinski definition) is 1. The highest BCUT2D eigenvalue weighted by molar-refractivity contribution is 9.10. The maximum atomic E-state index is 12.1. The van der Waals surface area contributed by atoms with Gasteiger partial charge in [-0.3, -0.25) is 9.69 Å². The molecule has 2 heterocycles. The van der Waals surface area contributed by atoms with Gasteiger partial charge in [0, 0.05) is 29.6 Å². The van der Waals surface area contributed by atoms with E-state index in [0.717, 1.165) is 15.6 Å². The Balaban J connectivity index is 2.27. The van der Waals surface area contributed by atoms with E-state index >= 15 is 0 Å². The number of amides is 1. The van der Waals surface area contributed by atoms with Crippen LogP contribution in [0.4, 0.5) is 5.82 Å². The Hall–Kier alpha value is -0.990. The predicted octanol–water partition coefficient (Wildman–Crippen LogP) is 1.10. The largest absolute Gasteiger partial charge is 0.296 e. The van der Waals surface area contributed by atoms with Crippen LogP contribution in [0.2, 0.25) is 0 Å². The minimum atomic E-state index is -3.57. The van der Waals surface area contributed by atoms with E-state index in [1.165, 1.54) is 0 Å². The van der Waals surface area contributed by atoms with E-state index in [1.807, 2.05) is 13.8 Å². The molecule has 1 aliphatic rings. The van der Waals surface area contributed by atoms with Crippen LogP contribution in [0.25, 0.3) is 0 Å². The van der Waals surface area contributed by atoms with E-state index in [-0.39, 0.29) is 24.0 Å². The molecule has 1 saturated heterocycles. The fourth-order valence-electron chi connectivity index (χ4n) is 2.36. The van der Waals surface area contributed by atoms with E-state index in [0.29, 0.717) is 12.4 Å². The van der Waals surface area contributed by atoms with Gasteiger partial charge in [0.2, 0.25) is 15.9 Å². The maximum Gasteiger partial charge on any atom is 0.228 e. The maximum absolute atomic E-state index is 12.1. The lowest BCUT2D eigenvalue weighted by atomic mass is 10.1. The minimum Gasteiger partial charge on any atom is -0.296 e. The molecule has 0 spiro atoms. The van der Waals surface area contributed by atoms with Crippen LogP contribution in [0.1, 0.15) is 17.5 Å². The van der Waals surface area contributed by atoms with E-state index in [9.17, 15) is 13.2 Å². The van der Waals surface area contributed by atoms with Crippen LogP contribution < -0.4 is 10.0 Å². The van der Waals surface area contributed by atoms with Crippen molar-refractivity contribution in [3.63, 3.8) is 0 Å². The first-order valence-corrected chi connectivity index (χ1v) is 8.62. The van der Waals surface area contributed by atoms with Gasteiger partial charge in [-0.2, -0.15) is 0 Å². The fraction of sp³-hybridized carbons (Fsp3) is 0.500. The van der Waals surface area contributed by atoms with Gasteiger partial charge in [0.25, 0.3) is 0 Å². The molecule has 0 aromatic carbocycles. The van der Waals surface area contributed by atoms with Gasteiger partial charge in [-0.15, -0.1) is 0 Å². The number of carbonyl (C=O) groups excluding carboxylic acids is 1. The van der Waals surface area contributed by atoms with Crippen molar-refractivity contribution in [1.82, 2.24) is 4.98 Å². The number of anilines is 1. The Morgan fingerprint density at radius 3 is 2.70 bits per heavy atom. The first-order valence-electron chi connectivity index (χ1n) is 6.11. The van der Waals surface area contributed by atoms with Gasteiger partial charge in [-0.05, 0) is 40.9 Å². The second kappa shape index (κ2) is 5.42. The Labute approximate surface area is 126 Å². The molecule has 1 aromatic rings. The van der Waals surface area contributed by atoms with Crippen LogP contribution in [0.5, 0.6) is 0 Å². The SMILES string of the molecule is Cc1c(Br)cnc(N2CC(CS(N)(=O)=O)CC2=O)c1C. The highest BCUT2D eigenvalue weighted by Crippen LogP contribution is 2.30. The summed E-state index contributed by atoms with van der Waals surface area (Å²) in [6.45, 7) is 4.17. The molecule has 2 rings (SSSR count). The molecule has 1 fully saturated rings. The van der Waals surface area contributed by atoms with Crippen LogP contribution in [0.15, 0.2) is 10.7 Å². The summed E-state index contributed by atoms with van der Waals surface area (Å²) in [4.78, 5) is 17.9. The van der Waals surface area contributed by atoms with E-state index in [2.05, 4.69) is 20.9 Å². The van der Waals surface area contributed by atoms with Crippen LogP contribution in [0, 0.1) is 19.8 Å². The number of carbonyl (C=O) groups is 1. The van der Waals surface area contributed by atoms with Gasteiger partial charge in [-0.1, -0.05) is 0 Å². The van der Waals surface area contributed by atoms with Gasteiger partial charge in [0.05, 0.1) is 5.75 Å². The Morgan fingerprint density at radius 2 is 2.10 bits per heavy atom. The topological polar surface area (TPSA) is 93.4 Å². The number of pyridine rings is 1. The predicted molar refractivity (Wildman–Crippen MR) is 79.8 cm³/mol. The summed E-state index contributed by atoms with van der Waals surface area (Å²) in [5.74, 6) is 0.0234. The fourth-order valence-corrected chi connectivity index (χ4v) is 3.64. The highest BCUT2D eigenvalue weighted by Gasteiger charge is 2.34. The molecule has 0 bridgehead atoms. The molecule has 1 unspecified atom stereocenters. The third kappa shape index (κ3) is 3.18. The first kappa shape index (κ1) is 15.4. The summed E-state index contributed by atoms with van der Waals surface area (Å²) in [6.07, 6.45) is 1.84. The number of nitrogens with zero attached hydrogens (tertiary/aromatic N) is 2. The normalized spacial score (nSPS) is 19.7. The summed E-state index contributed by atoms with van der Waals surface area (Å²) in [5, 5.41) is 5.04. The average Bonchev–Trinajstić information content (AvgIpc) is 2.65. The van der Waals surface area contributed by atoms with Crippen LogP contribution >= 0.6 is 15.9 Å². The van der Waals surface area contributed by atoms with Gasteiger partial charge >= 0.3 is 0 Å². The molecule has 0 aliphatic carbocycles. The van der Waals surface area contributed by atoms with E-state index in [4.69, 9.17) is 5.14 Å². The summed E-state index contributed by atoms with van der Waals surface area (Å²) < 4.78 is 23.1. The van der Waals surface area contributed by atoms with Gasteiger partial charge in [0.15, 0.2) is 0 Å². The van der Waals surface area contributed by atoms with Crippen LogP contribution in [-0.4, -0.2) is 31.6 Å². The van der Waals surface area contributed by atoms with Crippen molar-refractivity contribution >= 4 is 37.7 Å². The standard InChI is InChI=1S/C12H16BrN3O3S/c1-7-8(2)12(15-4-10(7)13)16-5-9(3-11(16)17)6-20(14,18)19/h4,9H,3,5-6H2,1-2H3,(H2,14,18,19). The van der Waals surface area contributed by atoms with Crippen molar-refractivity contribution in [3.05, 3.63) is 21.8 Å². The molecule has 110 valence electrons. The number of primary sulfonamides is 1. The lowest BCUT2D eigenvalue weighted by Crippen LogP contribution is -2.28. The average molecular weight is 362 g/mol. The summed E-state index contributed by atoms with van der Waals surface area (Å²) in [6, 6.07) is 0. The van der Waals surface area contributed by atoms with Crippen molar-refractivity contribution in [2.24, 2.45) is 11.1 Å². The summed E-state index contributed by atoms with van der Waals surface area (Å²) in [7, 11) is -3.57. The molecule has 2 N–H and O–H groups in total. The third-order valence-electron chi connectivity index (χ3n) is 3.49. The van der Waals surface area contributed by atoms with Crippen LogP contribution in [0.3, 0.4) is 0 Å². The Kier molecular flexibility index (Phi) is 4.17. The van der Waals surface area contributed by atoms with Gasteiger partial charge in [-0.25, -0.2) is 18.5 Å². The molecule has 1 amide bonds. The second-order valence-corrected chi connectivity index (χ2v) is 7.60. The summed E-state index contributed by atoms with van der Waals surface area (Å²) >= 11 is 3.39. The first-order chi connectivity index (χ1) is 9.19. The molecule has 20 heavy (non-hydrogen) atoms. The monoisotopic (exact) mass is 361 g/mol. The molecule has 8 heteroatoms. The van der Waals surface area contributed by atoms with Crippen molar-refractivity contribution in [1.29, 1.82) is 0 Å². The second-order valence-electron chi connectivity index (χ2n) is 5.08. The van der Waals surface area contributed by atoms with Crippen molar-refractivity contribution in [3.8, 4) is 0 Å². The lowest BCUT2D eigenvalue weighted by Gasteiger charge is -2.19. The van der Waals surface area contributed by atoms with Gasteiger partial charge in [0.1, 0.15) is 5.82 Å². The van der Waals surface area contributed by atoms with Gasteiger partial charge < -0.3 is 0 Å². The number of aromatic nitrogens is 1. The minimum absolute atomic E-state index is 0.115. The zero-order valence-electron chi connectivity index (χ0n) is 11.3. The number of nitrogens with two attached hydrogens (primary N) is 1. The molecule has 0 radical (unpaired) electrons. The van der Waals surface area contributed by atoms with E-state index in [1.54, 1.807) is 11.1 Å². The molecule has 0 saturated carbocycles. The van der Waals surface area contributed by atoms with Crippen LogP contribution in [-0.2, 0) is 14.8 Å². The number of rotatable bonds is 3. The lowest BCUT2D eigenvalue weighted by molar-refractivity contribution is -0.117. The molecule has 6 nitrogen and oxygen atoms in total.